The molecule has 2 aromatic carbocycles. The number of nitrogens with zero attached hydrogens (tertiary/aromatic N) is 3. The largest absolute Gasteiger partial charge is 0.493 e. The van der Waals surface area contributed by atoms with E-state index in [1.54, 1.807) is 49.5 Å². The summed E-state index contributed by atoms with van der Waals surface area (Å²) >= 11 is 0. The summed E-state index contributed by atoms with van der Waals surface area (Å²) in [4.78, 5) is 38.3. The molecule has 0 aliphatic heterocycles. The van der Waals surface area contributed by atoms with Crippen LogP contribution in [0.1, 0.15) is 0 Å². The quantitative estimate of drug-likeness (QED) is 0.487. The number of benzene rings is 2. The molecular formula is C23H23N5O5. The van der Waals surface area contributed by atoms with Gasteiger partial charge in [-0.1, -0.05) is 18.2 Å². The Kier molecular flexibility index (Phi) is 5.65. The fraction of sp³-hybridized carbons (Fsp3) is 0.174. The second-order valence-electron chi connectivity index (χ2n) is 7.32. The Morgan fingerprint density at radius 2 is 1.61 bits per heavy atom. The molecule has 0 aliphatic carbocycles. The molecule has 170 valence electrons. The van der Waals surface area contributed by atoms with Crippen molar-refractivity contribution in [3.63, 3.8) is 0 Å². The van der Waals surface area contributed by atoms with Crippen molar-refractivity contribution in [1.29, 1.82) is 0 Å². The first kappa shape index (κ1) is 21.8. The van der Waals surface area contributed by atoms with E-state index >= 15 is 0 Å². The second kappa shape index (κ2) is 8.58. The van der Waals surface area contributed by atoms with Crippen LogP contribution < -0.4 is 31.5 Å². The van der Waals surface area contributed by atoms with E-state index in [0.29, 0.717) is 34.0 Å². The van der Waals surface area contributed by atoms with Crippen molar-refractivity contribution in [2.24, 2.45) is 14.1 Å². The van der Waals surface area contributed by atoms with Crippen LogP contribution in [0.5, 0.6) is 11.5 Å². The molecule has 0 atom stereocenters. The standard InChI is InChI=1S/C23H23N5O5/c1-26-16-13-28(25-22(30)24-15-8-6-5-7-9-15)20(19(16)21(29)27(2)23(26)31)14-10-11-17(32-3)18(12-14)33-4/h5-13H,1-4H3,(H2,24,25,30). The predicted molar refractivity (Wildman–Crippen MR) is 126 cm³/mol. The third-order valence-electron chi connectivity index (χ3n) is 5.35. The zero-order chi connectivity index (χ0) is 23.7. The number of hydrogen-bond donors (Lipinski definition) is 2. The number of nitrogens with one attached hydrogen (secondary N) is 2. The molecule has 0 spiro atoms. The first-order valence-electron chi connectivity index (χ1n) is 10.0. The number of aryl methyl sites for hydroxylation is 1. The van der Waals surface area contributed by atoms with E-state index in [-0.39, 0.29) is 5.39 Å². The van der Waals surface area contributed by atoms with Crippen LogP contribution in [0.25, 0.3) is 22.2 Å². The van der Waals surface area contributed by atoms with Crippen LogP contribution in [0.15, 0.2) is 64.3 Å². The maximum Gasteiger partial charge on any atom is 0.338 e. The maximum atomic E-state index is 13.1. The van der Waals surface area contributed by atoms with Gasteiger partial charge in [0.2, 0.25) is 0 Å². The van der Waals surface area contributed by atoms with E-state index < -0.39 is 17.3 Å². The second-order valence-corrected chi connectivity index (χ2v) is 7.32. The van der Waals surface area contributed by atoms with Crippen molar-refractivity contribution < 1.29 is 14.3 Å². The van der Waals surface area contributed by atoms with Crippen molar-refractivity contribution in [2.45, 2.75) is 0 Å². The Labute approximate surface area is 188 Å². The minimum absolute atomic E-state index is 0.270. The van der Waals surface area contributed by atoms with Crippen LogP contribution in [0.2, 0.25) is 0 Å². The summed E-state index contributed by atoms with van der Waals surface area (Å²) in [7, 11) is 6.01. The first-order chi connectivity index (χ1) is 15.8. The number of hydrogen-bond acceptors (Lipinski definition) is 5. The van der Waals surface area contributed by atoms with Gasteiger partial charge >= 0.3 is 11.7 Å². The topological polar surface area (TPSA) is 109 Å². The number of aromatic nitrogens is 3. The van der Waals surface area contributed by atoms with Gasteiger partial charge in [-0.25, -0.2) is 15.0 Å². The van der Waals surface area contributed by atoms with Crippen molar-refractivity contribution in [3.8, 4) is 22.8 Å². The van der Waals surface area contributed by atoms with Gasteiger partial charge in [-0.05, 0) is 30.3 Å². The van der Waals surface area contributed by atoms with Crippen molar-refractivity contribution >= 4 is 22.6 Å². The number of carbonyl (C=O) groups is 1. The van der Waals surface area contributed by atoms with Crippen molar-refractivity contribution in [3.05, 3.63) is 75.6 Å². The molecule has 10 nitrogen and oxygen atoms in total. The summed E-state index contributed by atoms with van der Waals surface area (Å²) in [6.45, 7) is 0. The lowest BCUT2D eigenvalue weighted by atomic mass is 10.1. The average molecular weight is 449 g/mol. The third kappa shape index (κ3) is 3.82. The highest BCUT2D eigenvalue weighted by Gasteiger charge is 2.21. The molecule has 2 amide bonds. The number of fused-ring (bicyclic) bond motifs is 1. The molecule has 4 rings (SSSR count). The molecule has 2 N–H and O–H groups in total. The summed E-state index contributed by atoms with van der Waals surface area (Å²) < 4.78 is 14.5. The van der Waals surface area contributed by atoms with Gasteiger partial charge in [-0.3, -0.25) is 18.6 Å². The maximum absolute atomic E-state index is 13.1. The van der Waals surface area contributed by atoms with Gasteiger partial charge in [0.15, 0.2) is 11.5 Å². The van der Waals surface area contributed by atoms with Crippen LogP contribution in [-0.4, -0.2) is 34.1 Å². The van der Waals surface area contributed by atoms with Gasteiger partial charge < -0.3 is 14.8 Å². The van der Waals surface area contributed by atoms with Crippen LogP contribution >= 0.6 is 0 Å². The fourth-order valence-corrected chi connectivity index (χ4v) is 3.69. The lowest BCUT2D eigenvalue weighted by Crippen LogP contribution is -2.36. The molecule has 33 heavy (non-hydrogen) atoms. The number of methoxy groups -OCH3 is 2. The molecule has 10 heteroatoms. The lowest BCUT2D eigenvalue weighted by Gasteiger charge is -2.14. The molecule has 0 saturated carbocycles. The van der Waals surface area contributed by atoms with E-state index in [9.17, 15) is 14.4 Å². The summed E-state index contributed by atoms with van der Waals surface area (Å²) in [5.41, 5.74) is 3.72. The number of ether oxygens (including phenoxy) is 2. The lowest BCUT2D eigenvalue weighted by molar-refractivity contribution is 0.260. The number of amides is 2. The highest BCUT2D eigenvalue weighted by atomic mass is 16.5. The Morgan fingerprint density at radius 3 is 2.27 bits per heavy atom. The van der Waals surface area contributed by atoms with Crippen LogP contribution in [0.4, 0.5) is 10.5 Å². The van der Waals surface area contributed by atoms with E-state index in [1.165, 1.54) is 36.7 Å². The molecular weight excluding hydrogens is 426 g/mol. The van der Waals surface area contributed by atoms with E-state index in [2.05, 4.69) is 10.7 Å². The number of urea groups is 1. The number of para-hydroxylation sites is 1. The molecule has 2 heterocycles. The van der Waals surface area contributed by atoms with E-state index in [1.807, 2.05) is 6.07 Å². The Morgan fingerprint density at radius 1 is 0.909 bits per heavy atom. The Hall–Kier alpha value is -4.47. The number of carbonyl (C=O) groups excluding carboxylic acids is 1. The summed E-state index contributed by atoms with van der Waals surface area (Å²) in [5, 5.41) is 3.01. The highest BCUT2D eigenvalue weighted by Crippen LogP contribution is 2.34. The SMILES string of the molecule is COc1ccc(-c2c3c(=O)n(C)c(=O)n(C)c3cn2NC(=O)Nc2ccccc2)cc1OC. The van der Waals surface area contributed by atoms with Crippen LogP contribution in [0.3, 0.4) is 0 Å². The van der Waals surface area contributed by atoms with Gasteiger partial charge in [0.05, 0.1) is 37.0 Å². The molecule has 2 aromatic heterocycles. The highest BCUT2D eigenvalue weighted by molar-refractivity contribution is 5.99. The van der Waals surface area contributed by atoms with E-state index in [4.69, 9.17) is 9.47 Å². The van der Waals surface area contributed by atoms with E-state index in [0.717, 1.165) is 4.57 Å². The molecule has 0 fully saturated rings. The fourth-order valence-electron chi connectivity index (χ4n) is 3.69. The molecule has 0 saturated heterocycles. The summed E-state index contributed by atoms with van der Waals surface area (Å²) in [5.74, 6) is 0.963. The number of rotatable bonds is 5. The van der Waals surface area contributed by atoms with Gasteiger partial charge in [0.25, 0.3) is 5.56 Å². The number of anilines is 1. The Balaban J connectivity index is 1.92. The Bertz CT molecular complexity index is 1470. The summed E-state index contributed by atoms with van der Waals surface area (Å²) in [6, 6.07) is 13.6. The molecule has 4 aromatic rings. The van der Waals surface area contributed by atoms with Gasteiger partial charge in [0.1, 0.15) is 0 Å². The minimum atomic E-state index is -0.523. The zero-order valence-corrected chi connectivity index (χ0v) is 18.6. The zero-order valence-electron chi connectivity index (χ0n) is 18.6. The van der Waals surface area contributed by atoms with Gasteiger partial charge in [0, 0.05) is 25.3 Å². The smallest absolute Gasteiger partial charge is 0.338 e. The molecule has 0 aliphatic rings. The van der Waals surface area contributed by atoms with Crippen molar-refractivity contribution in [1.82, 2.24) is 13.8 Å². The van der Waals surface area contributed by atoms with Gasteiger partial charge in [-0.2, -0.15) is 0 Å². The van der Waals surface area contributed by atoms with Crippen molar-refractivity contribution in [2.75, 3.05) is 25.0 Å². The monoisotopic (exact) mass is 449 g/mol. The average Bonchev–Trinajstić information content (AvgIpc) is 3.20. The third-order valence-corrected chi connectivity index (χ3v) is 5.35. The minimum Gasteiger partial charge on any atom is -0.493 e. The predicted octanol–water partition coefficient (Wildman–Crippen LogP) is 2.50. The first-order valence-corrected chi connectivity index (χ1v) is 10.0. The van der Waals surface area contributed by atoms with Crippen LogP contribution in [0, 0.1) is 0 Å². The normalized spacial score (nSPS) is 10.8. The molecule has 0 radical (unpaired) electrons. The molecule has 0 bridgehead atoms. The molecule has 0 unspecified atom stereocenters. The van der Waals surface area contributed by atoms with Gasteiger partial charge in [-0.15, -0.1) is 0 Å². The van der Waals surface area contributed by atoms with Crippen LogP contribution in [-0.2, 0) is 14.1 Å². The summed E-state index contributed by atoms with van der Waals surface area (Å²) in [6.07, 6.45) is 1.54.